The van der Waals surface area contributed by atoms with Gasteiger partial charge in [0.25, 0.3) is 0 Å². The van der Waals surface area contributed by atoms with E-state index in [1.165, 1.54) is 0 Å². The molecular formula is C18H21NO2. The van der Waals surface area contributed by atoms with Gasteiger partial charge in [0, 0.05) is 0 Å². The smallest absolute Gasteiger partial charge is 0.411 e. The lowest BCUT2D eigenvalue weighted by atomic mass is 9.98. The third-order valence-electron chi connectivity index (χ3n) is 3.37. The lowest BCUT2D eigenvalue weighted by molar-refractivity contribution is 0.155. The zero-order valence-corrected chi connectivity index (χ0v) is 12.7. The first-order chi connectivity index (χ1) is 10.1. The molecule has 0 aromatic heterocycles. The summed E-state index contributed by atoms with van der Waals surface area (Å²) in [4.78, 5) is 12.0. The Balaban J connectivity index is 2.03. The van der Waals surface area contributed by atoms with Crippen LogP contribution < -0.4 is 5.32 Å². The van der Waals surface area contributed by atoms with Crippen molar-refractivity contribution < 1.29 is 9.53 Å². The maximum Gasteiger partial charge on any atom is 0.411 e. The number of hydrogen-bond acceptors (Lipinski definition) is 2. The summed E-state index contributed by atoms with van der Waals surface area (Å²) >= 11 is 0. The Morgan fingerprint density at radius 3 is 2.48 bits per heavy atom. The minimum absolute atomic E-state index is 0.273. The summed E-state index contributed by atoms with van der Waals surface area (Å²) < 4.78 is 5.27. The Bertz CT molecular complexity index is 606. The quantitative estimate of drug-likeness (QED) is 0.869. The van der Waals surface area contributed by atoms with Crippen LogP contribution in [0, 0.1) is 6.92 Å². The minimum Gasteiger partial charge on any atom is -0.444 e. The molecule has 0 fully saturated rings. The molecule has 0 aliphatic rings. The summed E-state index contributed by atoms with van der Waals surface area (Å²) in [5.74, 6) is 0.342. The fourth-order valence-electron chi connectivity index (χ4n) is 2.20. The topological polar surface area (TPSA) is 38.3 Å². The van der Waals surface area contributed by atoms with Crippen LogP contribution in [0.5, 0.6) is 0 Å². The molecule has 0 atom stereocenters. The van der Waals surface area contributed by atoms with Crippen LogP contribution in [0.3, 0.4) is 0 Å². The first-order valence-electron chi connectivity index (χ1n) is 7.15. The second-order valence-corrected chi connectivity index (χ2v) is 5.38. The normalized spacial score (nSPS) is 10.5. The highest BCUT2D eigenvalue weighted by Crippen LogP contribution is 2.27. The molecule has 1 N–H and O–H groups in total. The van der Waals surface area contributed by atoms with Crippen LogP contribution >= 0.6 is 0 Å². The van der Waals surface area contributed by atoms with E-state index in [1.807, 2.05) is 55.5 Å². The molecule has 3 heteroatoms. The van der Waals surface area contributed by atoms with Crippen molar-refractivity contribution in [3.05, 3.63) is 65.2 Å². The number of aryl methyl sites for hydroxylation is 1. The number of ether oxygens (including phenoxy) is 1. The van der Waals surface area contributed by atoms with Crippen LogP contribution in [0.4, 0.5) is 10.5 Å². The summed E-state index contributed by atoms with van der Waals surface area (Å²) in [6.07, 6.45) is -0.421. The van der Waals surface area contributed by atoms with E-state index < -0.39 is 6.09 Å². The monoisotopic (exact) mass is 283 g/mol. The van der Waals surface area contributed by atoms with Gasteiger partial charge in [-0.3, -0.25) is 5.32 Å². The van der Waals surface area contributed by atoms with E-state index >= 15 is 0 Å². The van der Waals surface area contributed by atoms with E-state index in [4.69, 9.17) is 4.74 Å². The number of carbonyl (C=O) groups excluding carboxylic acids is 1. The van der Waals surface area contributed by atoms with E-state index in [-0.39, 0.29) is 6.61 Å². The Morgan fingerprint density at radius 1 is 1.10 bits per heavy atom. The molecule has 110 valence electrons. The van der Waals surface area contributed by atoms with Crippen LogP contribution in [0.1, 0.15) is 36.5 Å². The lowest BCUT2D eigenvalue weighted by Crippen LogP contribution is -2.16. The molecule has 2 aromatic rings. The highest BCUT2D eigenvalue weighted by Gasteiger charge is 2.12. The standard InChI is InChI=1S/C18H21NO2/c1-13(2)16-11-7-8-14(3)17(16)19-18(20)21-12-15-9-5-4-6-10-15/h4-11,13H,12H2,1-3H3,(H,19,20). The number of para-hydroxylation sites is 1. The van der Waals surface area contributed by atoms with Crippen molar-refractivity contribution in [1.29, 1.82) is 0 Å². The first-order valence-corrected chi connectivity index (χ1v) is 7.15. The van der Waals surface area contributed by atoms with E-state index in [2.05, 4.69) is 19.2 Å². The Morgan fingerprint density at radius 2 is 1.81 bits per heavy atom. The van der Waals surface area contributed by atoms with Gasteiger partial charge in [-0.1, -0.05) is 62.4 Å². The molecule has 0 heterocycles. The molecule has 2 rings (SSSR count). The summed E-state index contributed by atoms with van der Waals surface area (Å²) in [7, 11) is 0. The van der Waals surface area contributed by atoms with Crippen molar-refractivity contribution in [2.45, 2.75) is 33.3 Å². The van der Waals surface area contributed by atoms with Gasteiger partial charge in [0.05, 0.1) is 5.69 Å². The largest absolute Gasteiger partial charge is 0.444 e. The van der Waals surface area contributed by atoms with Gasteiger partial charge >= 0.3 is 6.09 Å². The second kappa shape index (κ2) is 6.93. The van der Waals surface area contributed by atoms with Crippen molar-refractivity contribution in [1.82, 2.24) is 0 Å². The molecule has 21 heavy (non-hydrogen) atoms. The van der Waals surface area contributed by atoms with Crippen molar-refractivity contribution in [3.63, 3.8) is 0 Å². The summed E-state index contributed by atoms with van der Waals surface area (Å²) in [6.45, 7) is 6.47. The zero-order chi connectivity index (χ0) is 15.2. The number of benzene rings is 2. The average molecular weight is 283 g/mol. The van der Waals surface area contributed by atoms with Gasteiger partial charge in [-0.25, -0.2) is 4.79 Å². The van der Waals surface area contributed by atoms with Crippen molar-refractivity contribution >= 4 is 11.8 Å². The van der Waals surface area contributed by atoms with E-state index in [0.717, 1.165) is 22.4 Å². The maximum atomic E-state index is 12.0. The lowest BCUT2D eigenvalue weighted by Gasteiger charge is -2.16. The number of rotatable bonds is 4. The third-order valence-corrected chi connectivity index (χ3v) is 3.37. The molecule has 0 unspecified atom stereocenters. The first kappa shape index (κ1) is 15.1. The SMILES string of the molecule is Cc1cccc(C(C)C)c1NC(=O)OCc1ccccc1. The molecule has 0 saturated carbocycles. The van der Waals surface area contributed by atoms with Crippen LogP contribution in [-0.4, -0.2) is 6.09 Å². The molecule has 0 aliphatic heterocycles. The third kappa shape index (κ3) is 4.09. The van der Waals surface area contributed by atoms with Crippen LogP contribution in [-0.2, 0) is 11.3 Å². The van der Waals surface area contributed by atoms with Crippen molar-refractivity contribution in [2.75, 3.05) is 5.32 Å². The fraction of sp³-hybridized carbons (Fsp3) is 0.278. The molecule has 0 bridgehead atoms. The van der Waals surface area contributed by atoms with Gasteiger partial charge in [0.1, 0.15) is 6.61 Å². The van der Waals surface area contributed by atoms with Crippen LogP contribution in [0.15, 0.2) is 48.5 Å². The predicted octanol–water partition coefficient (Wildman–Crippen LogP) is 4.87. The number of amides is 1. The highest BCUT2D eigenvalue weighted by atomic mass is 16.5. The maximum absolute atomic E-state index is 12.0. The van der Waals surface area contributed by atoms with Gasteiger partial charge in [-0.15, -0.1) is 0 Å². The Hall–Kier alpha value is -2.29. The zero-order valence-electron chi connectivity index (χ0n) is 12.7. The minimum atomic E-state index is -0.421. The van der Waals surface area contributed by atoms with Crippen LogP contribution in [0.2, 0.25) is 0 Å². The van der Waals surface area contributed by atoms with Gasteiger partial charge in [0.15, 0.2) is 0 Å². The van der Waals surface area contributed by atoms with Crippen LogP contribution in [0.25, 0.3) is 0 Å². The molecule has 0 saturated heterocycles. The number of hydrogen-bond donors (Lipinski definition) is 1. The molecule has 0 aliphatic carbocycles. The molecule has 0 spiro atoms. The van der Waals surface area contributed by atoms with E-state index in [9.17, 15) is 4.79 Å². The predicted molar refractivity (Wildman–Crippen MR) is 85.5 cm³/mol. The summed E-state index contributed by atoms with van der Waals surface area (Å²) in [6, 6.07) is 15.7. The van der Waals surface area contributed by atoms with Gasteiger partial charge in [0.2, 0.25) is 0 Å². The number of carbonyl (C=O) groups is 1. The summed E-state index contributed by atoms with van der Waals surface area (Å²) in [5.41, 5.74) is 3.98. The molecule has 0 radical (unpaired) electrons. The molecule has 1 amide bonds. The highest BCUT2D eigenvalue weighted by molar-refractivity contribution is 5.87. The van der Waals surface area contributed by atoms with E-state index in [0.29, 0.717) is 5.92 Å². The molecular weight excluding hydrogens is 262 g/mol. The Kier molecular flexibility index (Phi) is 4.99. The van der Waals surface area contributed by atoms with E-state index in [1.54, 1.807) is 0 Å². The van der Waals surface area contributed by atoms with Gasteiger partial charge in [-0.2, -0.15) is 0 Å². The fourth-order valence-corrected chi connectivity index (χ4v) is 2.20. The molecule has 2 aromatic carbocycles. The number of nitrogens with one attached hydrogen (secondary N) is 1. The second-order valence-electron chi connectivity index (χ2n) is 5.38. The van der Waals surface area contributed by atoms with Gasteiger partial charge in [-0.05, 0) is 29.5 Å². The van der Waals surface area contributed by atoms with Gasteiger partial charge < -0.3 is 4.74 Å². The summed E-state index contributed by atoms with van der Waals surface area (Å²) in [5, 5.41) is 2.87. The van der Waals surface area contributed by atoms with Crippen molar-refractivity contribution in [2.24, 2.45) is 0 Å². The Labute approximate surface area is 126 Å². The number of anilines is 1. The average Bonchev–Trinajstić information content (AvgIpc) is 2.48. The van der Waals surface area contributed by atoms with Crippen molar-refractivity contribution in [3.8, 4) is 0 Å². The molecule has 3 nitrogen and oxygen atoms in total.